The highest BCUT2D eigenvalue weighted by atomic mass is 32.3. The molecule has 1 fully saturated rings. The Morgan fingerprint density at radius 3 is 2.56 bits per heavy atom. The third-order valence-corrected chi connectivity index (χ3v) is 5.26. The lowest BCUT2D eigenvalue weighted by molar-refractivity contribution is 0.0711. The van der Waals surface area contributed by atoms with Crippen LogP contribution in [-0.2, 0) is 14.6 Å². The van der Waals surface area contributed by atoms with Gasteiger partial charge in [0.15, 0.2) is 0 Å². The fourth-order valence-electron chi connectivity index (χ4n) is 3.18. The van der Waals surface area contributed by atoms with E-state index < -0.39 is 10.4 Å². The van der Waals surface area contributed by atoms with Gasteiger partial charge < -0.3 is 9.45 Å². The summed E-state index contributed by atoms with van der Waals surface area (Å²) < 4.78 is 25.2. The average Bonchev–Trinajstić information content (AvgIpc) is 2.67. The maximum atomic E-state index is 12.7. The van der Waals surface area contributed by atoms with Crippen LogP contribution in [0.1, 0.15) is 28.8 Å². The van der Waals surface area contributed by atoms with Gasteiger partial charge in [-0.25, -0.2) is 0 Å². The molecule has 2 aromatic rings. The van der Waals surface area contributed by atoms with Gasteiger partial charge in [-0.15, -0.1) is 4.72 Å². The van der Waals surface area contributed by atoms with Crippen molar-refractivity contribution < 1.29 is 13.6 Å². The third kappa shape index (κ3) is 4.77. The Bertz CT molecular complexity index is 909. The van der Waals surface area contributed by atoms with E-state index in [-0.39, 0.29) is 11.9 Å². The van der Waals surface area contributed by atoms with Gasteiger partial charge >= 0.3 is 0 Å². The van der Waals surface area contributed by atoms with Crippen LogP contribution >= 0.6 is 0 Å². The van der Waals surface area contributed by atoms with Crippen LogP contribution in [0.25, 0.3) is 11.3 Å². The molecule has 1 aliphatic rings. The van der Waals surface area contributed by atoms with E-state index >= 15 is 0 Å². The van der Waals surface area contributed by atoms with Crippen molar-refractivity contribution in [3.05, 3.63) is 53.7 Å². The van der Waals surface area contributed by atoms with Crippen LogP contribution in [0, 0.1) is 11.3 Å². The number of hydrogen-bond donors (Lipinski definition) is 1. The van der Waals surface area contributed by atoms with Gasteiger partial charge in [0.2, 0.25) is 0 Å². The number of benzene rings is 1. The highest BCUT2D eigenvalue weighted by molar-refractivity contribution is 7.95. The molecule has 1 N–H and O–H groups in total. The number of carbonyl (C=O) groups is 1. The number of nitriles is 1. The van der Waals surface area contributed by atoms with Crippen molar-refractivity contribution >= 4 is 16.3 Å². The highest BCUT2D eigenvalue weighted by Gasteiger charge is 2.26. The van der Waals surface area contributed by atoms with Gasteiger partial charge in [-0.05, 0) is 37.1 Å². The molecule has 0 aliphatic carbocycles. The standard InChI is InChI=1S/C19H20N4O3S/c1-27(25,26)22-17-8-11-23(12-9-17)19(24)15-6-4-14(5-7-15)18-16(13-20)3-2-10-21-18/h2-7,10,17H,8-9,11-12H2,1H3,(H-,22,25,26). The van der Waals surface area contributed by atoms with Crippen molar-refractivity contribution in [3.63, 3.8) is 0 Å². The smallest absolute Gasteiger partial charge is 0.253 e. The van der Waals surface area contributed by atoms with Gasteiger partial charge in [0.05, 0.1) is 17.3 Å². The molecule has 0 spiro atoms. The fourth-order valence-corrected chi connectivity index (χ4v) is 4.02. The molecule has 1 aliphatic heterocycles. The molecule has 140 valence electrons. The Kier molecular flexibility index (Phi) is 5.65. The number of piperidine rings is 1. The predicted octanol–water partition coefficient (Wildman–Crippen LogP) is 1.99. The number of rotatable bonds is 4. The lowest BCUT2D eigenvalue weighted by atomic mass is 10.0. The second-order valence-electron chi connectivity index (χ2n) is 6.55. The lowest BCUT2D eigenvalue weighted by Crippen LogP contribution is -2.47. The Morgan fingerprint density at radius 1 is 1.30 bits per heavy atom. The average molecular weight is 384 g/mol. The highest BCUT2D eigenvalue weighted by Crippen LogP contribution is 2.22. The van der Waals surface area contributed by atoms with Gasteiger partial charge in [-0.2, -0.15) is 5.26 Å². The van der Waals surface area contributed by atoms with Gasteiger partial charge in [-0.3, -0.25) is 9.78 Å². The molecule has 0 saturated carbocycles. The molecule has 1 saturated heterocycles. The van der Waals surface area contributed by atoms with E-state index in [0.29, 0.717) is 42.8 Å². The van der Waals surface area contributed by atoms with Crippen LogP contribution in [0.4, 0.5) is 0 Å². The van der Waals surface area contributed by atoms with Crippen LogP contribution in [0.3, 0.4) is 0 Å². The number of aromatic nitrogens is 1. The summed E-state index contributed by atoms with van der Waals surface area (Å²) in [4.78, 5) is 18.7. The topological polar surface area (TPSA) is 109 Å². The van der Waals surface area contributed by atoms with E-state index in [9.17, 15) is 18.8 Å². The fraction of sp³-hybridized carbons (Fsp3) is 0.316. The van der Waals surface area contributed by atoms with Crippen molar-refractivity contribution in [2.24, 2.45) is 0 Å². The second-order valence-corrected chi connectivity index (χ2v) is 8.33. The quantitative estimate of drug-likeness (QED) is 0.811. The number of nitrogens with zero attached hydrogens (tertiary/aromatic N) is 3. The van der Waals surface area contributed by atoms with E-state index in [1.807, 2.05) is 0 Å². The van der Waals surface area contributed by atoms with E-state index in [1.165, 1.54) is 0 Å². The Morgan fingerprint density at radius 2 is 1.96 bits per heavy atom. The number of hydrogen-bond acceptors (Lipinski definition) is 5. The zero-order chi connectivity index (χ0) is 19.4. The molecule has 7 nitrogen and oxygen atoms in total. The molecule has 3 rings (SSSR count). The summed E-state index contributed by atoms with van der Waals surface area (Å²) in [5, 5.41) is 9.19. The molecular formula is C19H20N4O3S. The van der Waals surface area contributed by atoms with Crippen molar-refractivity contribution in [2.45, 2.75) is 18.9 Å². The Balaban J connectivity index is 1.67. The second kappa shape index (κ2) is 7.96. The molecule has 1 atom stereocenters. The number of likely N-dealkylation sites (tertiary alicyclic amines) is 1. The number of nitrogens with one attached hydrogen (secondary N) is 1. The molecule has 0 radical (unpaired) electrons. The molecule has 1 amide bonds. The van der Waals surface area contributed by atoms with Crippen molar-refractivity contribution in [2.75, 3.05) is 19.3 Å². The number of amides is 1. The molecule has 8 heteroatoms. The Hall–Kier alpha value is -2.60. The molecule has 2 heterocycles. The zero-order valence-corrected chi connectivity index (χ0v) is 15.7. The molecule has 0 bridgehead atoms. The van der Waals surface area contributed by atoms with Crippen LogP contribution in [0.2, 0.25) is 0 Å². The minimum absolute atomic E-state index is 0.0825. The largest absolute Gasteiger partial charge is 0.598 e. The maximum absolute atomic E-state index is 12.7. The molecule has 1 aromatic heterocycles. The van der Waals surface area contributed by atoms with Gasteiger partial charge in [0, 0.05) is 30.4 Å². The molecule has 1 aromatic carbocycles. The number of carbonyl (C=O) groups excluding carboxylic acids is 1. The van der Waals surface area contributed by atoms with Gasteiger partial charge in [0.1, 0.15) is 22.7 Å². The first-order valence-corrected chi connectivity index (χ1v) is 10.5. The van der Waals surface area contributed by atoms with Crippen molar-refractivity contribution in [3.8, 4) is 17.3 Å². The lowest BCUT2D eigenvalue weighted by Gasteiger charge is -2.32. The van der Waals surface area contributed by atoms with Crippen molar-refractivity contribution in [1.29, 1.82) is 5.26 Å². The molecule has 27 heavy (non-hydrogen) atoms. The summed E-state index contributed by atoms with van der Waals surface area (Å²) in [6, 6.07) is 12.4. The summed E-state index contributed by atoms with van der Waals surface area (Å²) >= 11 is 0. The van der Waals surface area contributed by atoms with E-state index in [1.54, 1.807) is 47.5 Å². The minimum atomic E-state index is -3.23. The van der Waals surface area contributed by atoms with Gasteiger partial charge in [0.25, 0.3) is 5.91 Å². The van der Waals surface area contributed by atoms with Crippen molar-refractivity contribution in [1.82, 2.24) is 14.6 Å². The normalized spacial score (nSPS) is 17.1. The summed E-state index contributed by atoms with van der Waals surface area (Å²) in [7, 11) is -3.23. The third-order valence-electron chi connectivity index (χ3n) is 4.50. The summed E-state index contributed by atoms with van der Waals surface area (Å²) in [5.74, 6) is -0.0825. The minimum Gasteiger partial charge on any atom is -0.598 e. The van der Waals surface area contributed by atoms with Crippen LogP contribution in [-0.4, -0.2) is 45.7 Å². The van der Waals surface area contributed by atoms with Crippen LogP contribution < -0.4 is 4.72 Å². The monoisotopic (exact) mass is 384 g/mol. The SMILES string of the molecule is C[S+](=O)([O-])NC1CCN(C(=O)c2ccc(-c3ncccc3C#N)cc2)CC1. The zero-order valence-electron chi connectivity index (χ0n) is 14.9. The van der Waals surface area contributed by atoms with Gasteiger partial charge in [-0.1, -0.05) is 16.3 Å². The maximum Gasteiger partial charge on any atom is 0.253 e. The van der Waals surface area contributed by atoms with Crippen LogP contribution in [0.15, 0.2) is 42.6 Å². The number of sulfonamides is 1. The molecular weight excluding hydrogens is 364 g/mol. The van der Waals surface area contributed by atoms with E-state index in [2.05, 4.69) is 15.8 Å². The first kappa shape index (κ1) is 19.2. The summed E-state index contributed by atoms with van der Waals surface area (Å²) in [6.07, 6.45) is 3.96. The predicted molar refractivity (Wildman–Crippen MR) is 101 cm³/mol. The van der Waals surface area contributed by atoms with E-state index in [4.69, 9.17) is 0 Å². The summed E-state index contributed by atoms with van der Waals surface area (Å²) in [5.41, 5.74) is 2.41. The summed E-state index contributed by atoms with van der Waals surface area (Å²) in [6.45, 7) is 1.01. The number of pyridine rings is 1. The molecule has 1 unspecified atom stereocenters. The Labute approximate surface area is 159 Å². The first-order chi connectivity index (χ1) is 12.9. The van der Waals surface area contributed by atoms with Crippen LogP contribution in [0.5, 0.6) is 0 Å². The first-order valence-electron chi connectivity index (χ1n) is 8.59. The van der Waals surface area contributed by atoms with E-state index in [0.717, 1.165) is 11.8 Å².